The van der Waals surface area contributed by atoms with E-state index in [0.717, 1.165) is 0 Å². The van der Waals surface area contributed by atoms with Crippen molar-refractivity contribution in [3.8, 4) is 0 Å². The molecule has 0 amide bonds. The van der Waals surface area contributed by atoms with Gasteiger partial charge in [-0.2, -0.15) is 0 Å². The van der Waals surface area contributed by atoms with Gasteiger partial charge in [0.25, 0.3) is 0 Å². The molecule has 0 aromatic carbocycles. The van der Waals surface area contributed by atoms with Gasteiger partial charge in [-0.1, -0.05) is 13.8 Å². The Morgan fingerprint density at radius 2 is 1.79 bits per heavy atom. The maximum Gasteiger partial charge on any atom is 0.0309 e. The lowest BCUT2D eigenvalue weighted by molar-refractivity contribution is 0.504. The fraction of sp³-hybridized carbons (Fsp3) is 0.667. The first kappa shape index (κ1) is 11.3. The summed E-state index contributed by atoms with van der Waals surface area (Å²) in [6.07, 6.45) is 4.38. The van der Waals surface area contributed by atoms with Crippen LogP contribution in [0, 0.1) is 0 Å². The van der Waals surface area contributed by atoms with E-state index in [1.807, 2.05) is 0 Å². The molecule has 0 spiro atoms. The van der Waals surface area contributed by atoms with Gasteiger partial charge in [0.2, 0.25) is 0 Å². The molecule has 0 saturated carbocycles. The van der Waals surface area contributed by atoms with Gasteiger partial charge in [-0.15, -0.1) is 0 Å². The quantitative estimate of drug-likeness (QED) is 0.779. The minimum Gasteiger partial charge on any atom is -0.351 e. The number of hydrogen-bond donors (Lipinski definition) is 1. The Bertz CT molecular complexity index is 274. The third-order valence-electron chi connectivity index (χ3n) is 2.42. The van der Waals surface area contributed by atoms with E-state index in [1.165, 1.54) is 5.56 Å². The second-order valence-electron chi connectivity index (χ2n) is 4.53. The van der Waals surface area contributed by atoms with Crippen LogP contribution in [0.15, 0.2) is 18.5 Å². The summed E-state index contributed by atoms with van der Waals surface area (Å²) < 4.78 is 2.24. The van der Waals surface area contributed by atoms with Gasteiger partial charge in [0, 0.05) is 30.5 Å². The molecule has 0 saturated heterocycles. The van der Waals surface area contributed by atoms with Crippen LogP contribution in [-0.2, 0) is 0 Å². The predicted octanol–water partition coefficient (Wildman–Crippen LogP) is 3.13. The van der Waals surface area contributed by atoms with Gasteiger partial charge in [0.1, 0.15) is 0 Å². The van der Waals surface area contributed by atoms with Gasteiger partial charge < -0.3 is 9.88 Å². The summed E-state index contributed by atoms with van der Waals surface area (Å²) in [5.41, 5.74) is 1.37. The zero-order valence-corrected chi connectivity index (χ0v) is 9.91. The van der Waals surface area contributed by atoms with E-state index in [-0.39, 0.29) is 0 Å². The Morgan fingerprint density at radius 3 is 2.21 bits per heavy atom. The van der Waals surface area contributed by atoms with E-state index >= 15 is 0 Å². The molecule has 0 fully saturated rings. The van der Waals surface area contributed by atoms with E-state index in [9.17, 15) is 0 Å². The second kappa shape index (κ2) is 4.65. The van der Waals surface area contributed by atoms with Crippen molar-refractivity contribution in [3.05, 3.63) is 24.0 Å². The van der Waals surface area contributed by atoms with E-state index in [2.05, 4.69) is 63.0 Å². The fourth-order valence-corrected chi connectivity index (χ4v) is 1.60. The van der Waals surface area contributed by atoms with Gasteiger partial charge in [-0.25, -0.2) is 0 Å². The molecule has 1 unspecified atom stereocenters. The standard InChI is InChI=1S/C12H22N2/c1-9(2)13-11(5)12-6-7-14(8-12)10(3)4/h6-11,13H,1-5H3. The average Bonchev–Trinajstić information content (AvgIpc) is 2.50. The molecule has 14 heavy (non-hydrogen) atoms. The molecule has 0 aliphatic rings. The molecule has 1 N–H and O–H groups in total. The summed E-state index contributed by atoms with van der Waals surface area (Å²) in [6.45, 7) is 11.0. The van der Waals surface area contributed by atoms with Gasteiger partial charge in [-0.05, 0) is 32.4 Å². The van der Waals surface area contributed by atoms with Crippen LogP contribution in [0.25, 0.3) is 0 Å². The number of aromatic nitrogens is 1. The van der Waals surface area contributed by atoms with Crippen LogP contribution >= 0.6 is 0 Å². The zero-order chi connectivity index (χ0) is 10.7. The third kappa shape index (κ3) is 2.88. The van der Waals surface area contributed by atoms with Crippen LogP contribution in [0.1, 0.15) is 52.3 Å². The van der Waals surface area contributed by atoms with Crippen molar-refractivity contribution < 1.29 is 0 Å². The van der Waals surface area contributed by atoms with Crippen LogP contribution in [0.4, 0.5) is 0 Å². The highest BCUT2D eigenvalue weighted by Gasteiger charge is 2.08. The molecule has 0 radical (unpaired) electrons. The monoisotopic (exact) mass is 194 g/mol. The topological polar surface area (TPSA) is 17.0 Å². The van der Waals surface area contributed by atoms with Gasteiger partial charge in [-0.3, -0.25) is 0 Å². The lowest BCUT2D eigenvalue weighted by Crippen LogP contribution is -2.25. The van der Waals surface area contributed by atoms with Gasteiger partial charge in [0.15, 0.2) is 0 Å². The molecule has 2 nitrogen and oxygen atoms in total. The average molecular weight is 194 g/mol. The van der Waals surface area contributed by atoms with E-state index < -0.39 is 0 Å². The summed E-state index contributed by atoms with van der Waals surface area (Å²) in [4.78, 5) is 0. The van der Waals surface area contributed by atoms with Crippen LogP contribution < -0.4 is 5.32 Å². The van der Waals surface area contributed by atoms with Crippen molar-refractivity contribution in [2.24, 2.45) is 0 Å². The molecule has 2 heteroatoms. The number of nitrogens with one attached hydrogen (secondary N) is 1. The summed E-state index contributed by atoms with van der Waals surface area (Å²) in [6, 6.07) is 3.72. The predicted molar refractivity (Wildman–Crippen MR) is 61.5 cm³/mol. The van der Waals surface area contributed by atoms with E-state index in [0.29, 0.717) is 18.1 Å². The van der Waals surface area contributed by atoms with Crippen LogP contribution in [0.5, 0.6) is 0 Å². The highest BCUT2D eigenvalue weighted by atomic mass is 15.0. The Labute approximate surface area is 87.3 Å². The smallest absolute Gasteiger partial charge is 0.0309 e. The fourth-order valence-electron chi connectivity index (χ4n) is 1.60. The zero-order valence-electron chi connectivity index (χ0n) is 9.91. The van der Waals surface area contributed by atoms with Crippen LogP contribution in [-0.4, -0.2) is 10.6 Å². The molecule has 0 bridgehead atoms. The summed E-state index contributed by atoms with van der Waals surface area (Å²) in [5, 5.41) is 3.50. The van der Waals surface area contributed by atoms with Gasteiger partial charge in [0.05, 0.1) is 0 Å². The minimum atomic E-state index is 0.440. The lowest BCUT2D eigenvalue weighted by atomic mass is 10.1. The largest absolute Gasteiger partial charge is 0.351 e. The highest BCUT2D eigenvalue weighted by molar-refractivity contribution is 5.15. The lowest BCUT2D eigenvalue weighted by Gasteiger charge is -2.15. The van der Waals surface area contributed by atoms with Crippen molar-refractivity contribution in [1.82, 2.24) is 9.88 Å². The van der Waals surface area contributed by atoms with Crippen molar-refractivity contribution in [1.29, 1.82) is 0 Å². The van der Waals surface area contributed by atoms with Crippen LogP contribution in [0.3, 0.4) is 0 Å². The molecule has 1 heterocycles. The van der Waals surface area contributed by atoms with Crippen LogP contribution in [0.2, 0.25) is 0 Å². The normalized spacial score (nSPS) is 13.9. The Balaban J connectivity index is 2.66. The maximum absolute atomic E-state index is 3.50. The Hall–Kier alpha value is -0.760. The maximum atomic E-state index is 3.50. The van der Waals surface area contributed by atoms with Crippen molar-refractivity contribution in [2.75, 3.05) is 0 Å². The Kier molecular flexibility index (Phi) is 3.76. The van der Waals surface area contributed by atoms with Crippen molar-refractivity contribution >= 4 is 0 Å². The number of hydrogen-bond acceptors (Lipinski definition) is 1. The third-order valence-corrected chi connectivity index (χ3v) is 2.42. The molecular weight excluding hydrogens is 172 g/mol. The molecule has 1 atom stereocenters. The Morgan fingerprint density at radius 1 is 1.14 bits per heavy atom. The molecular formula is C12H22N2. The minimum absolute atomic E-state index is 0.440. The molecule has 1 aromatic heterocycles. The van der Waals surface area contributed by atoms with Crippen molar-refractivity contribution in [2.45, 2.75) is 52.7 Å². The molecule has 1 rings (SSSR count). The molecule has 0 aliphatic carbocycles. The molecule has 0 aliphatic heterocycles. The second-order valence-corrected chi connectivity index (χ2v) is 4.53. The molecule has 80 valence electrons. The first-order valence-electron chi connectivity index (χ1n) is 5.44. The molecule has 1 aromatic rings. The van der Waals surface area contributed by atoms with Crippen molar-refractivity contribution in [3.63, 3.8) is 0 Å². The first-order valence-corrected chi connectivity index (χ1v) is 5.44. The summed E-state index contributed by atoms with van der Waals surface area (Å²) in [5.74, 6) is 0. The van der Waals surface area contributed by atoms with E-state index in [4.69, 9.17) is 0 Å². The number of rotatable bonds is 4. The first-order chi connectivity index (χ1) is 6.50. The number of nitrogens with zero attached hydrogens (tertiary/aromatic N) is 1. The van der Waals surface area contributed by atoms with Gasteiger partial charge >= 0.3 is 0 Å². The van der Waals surface area contributed by atoms with E-state index in [1.54, 1.807) is 0 Å². The highest BCUT2D eigenvalue weighted by Crippen LogP contribution is 2.16. The summed E-state index contributed by atoms with van der Waals surface area (Å²) in [7, 11) is 0. The SMILES string of the molecule is CC(C)NC(C)c1ccn(C(C)C)c1. The summed E-state index contributed by atoms with van der Waals surface area (Å²) >= 11 is 0.